The molecule has 2 aromatic rings. The van der Waals surface area contributed by atoms with E-state index in [4.69, 9.17) is 16.2 Å². The third-order valence-electron chi connectivity index (χ3n) is 2.65. The first-order chi connectivity index (χ1) is 10.5. The fourth-order valence-corrected chi connectivity index (χ4v) is 1.62. The second kappa shape index (κ2) is 7.16. The zero-order chi connectivity index (χ0) is 15.9. The molecule has 0 aliphatic rings. The van der Waals surface area contributed by atoms with E-state index >= 15 is 0 Å². The van der Waals surface area contributed by atoms with Crippen LogP contribution >= 0.6 is 0 Å². The highest BCUT2D eigenvalue weighted by Crippen LogP contribution is 2.19. The summed E-state index contributed by atoms with van der Waals surface area (Å²) in [5.74, 6) is -1.50. The van der Waals surface area contributed by atoms with Crippen molar-refractivity contribution in [2.75, 3.05) is 0 Å². The fourth-order valence-electron chi connectivity index (χ4n) is 1.62. The van der Waals surface area contributed by atoms with E-state index in [2.05, 4.69) is 10.2 Å². The third kappa shape index (κ3) is 4.55. The molecule has 0 heterocycles. The van der Waals surface area contributed by atoms with E-state index in [9.17, 15) is 8.78 Å². The van der Waals surface area contributed by atoms with Crippen molar-refractivity contribution in [2.24, 2.45) is 21.7 Å². The number of rotatable bonds is 5. The summed E-state index contributed by atoms with van der Waals surface area (Å²) >= 11 is 0. The van der Waals surface area contributed by atoms with Crippen LogP contribution in [-0.2, 0) is 6.61 Å². The standard InChI is InChI=1S/C15H14F2N4O/c16-12-5-6-14(13(17)7-12)22-9-11-3-1-10(2-4-11)8-20-21-15(18)19/h1-8H,9H2,(H4,18,19,21). The molecule has 2 aromatic carbocycles. The number of nitrogens with two attached hydrogens (primary N) is 2. The van der Waals surface area contributed by atoms with Gasteiger partial charge in [-0.3, -0.25) is 0 Å². The Labute approximate surface area is 125 Å². The molecule has 114 valence electrons. The molecule has 0 aliphatic carbocycles. The summed E-state index contributed by atoms with van der Waals surface area (Å²) in [4.78, 5) is 0. The van der Waals surface area contributed by atoms with E-state index in [-0.39, 0.29) is 18.3 Å². The average Bonchev–Trinajstić information content (AvgIpc) is 2.47. The zero-order valence-electron chi connectivity index (χ0n) is 11.5. The maximum absolute atomic E-state index is 13.4. The number of guanidine groups is 1. The van der Waals surface area contributed by atoms with Gasteiger partial charge in [-0.1, -0.05) is 24.3 Å². The van der Waals surface area contributed by atoms with Crippen molar-refractivity contribution >= 4 is 12.2 Å². The zero-order valence-corrected chi connectivity index (χ0v) is 11.5. The van der Waals surface area contributed by atoms with Gasteiger partial charge in [-0.15, -0.1) is 5.10 Å². The Hall–Kier alpha value is -2.96. The van der Waals surface area contributed by atoms with Gasteiger partial charge in [-0.25, -0.2) is 8.78 Å². The van der Waals surface area contributed by atoms with Crippen LogP contribution in [0.25, 0.3) is 0 Å². The van der Waals surface area contributed by atoms with Crippen molar-refractivity contribution in [3.05, 3.63) is 65.2 Å². The van der Waals surface area contributed by atoms with Gasteiger partial charge < -0.3 is 16.2 Å². The molecule has 0 amide bonds. The summed E-state index contributed by atoms with van der Waals surface area (Å²) in [6.07, 6.45) is 1.49. The van der Waals surface area contributed by atoms with Crippen molar-refractivity contribution in [3.8, 4) is 5.75 Å². The minimum Gasteiger partial charge on any atom is -0.486 e. The highest BCUT2D eigenvalue weighted by molar-refractivity contribution is 5.81. The summed E-state index contributed by atoms with van der Waals surface area (Å²) in [6, 6.07) is 10.3. The van der Waals surface area contributed by atoms with Crippen LogP contribution in [0.5, 0.6) is 5.75 Å². The van der Waals surface area contributed by atoms with E-state index in [1.54, 1.807) is 24.3 Å². The van der Waals surface area contributed by atoms with E-state index in [1.807, 2.05) is 0 Å². The molecular formula is C15H14F2N4O. The Kier molecular flexibility index (Phi) is 5.02. The Morgan fingerprint density at radius 2 is 1.82 bits per heavy atom. The first kappa shape index (κ1) is 15.4. The first-order valence-corrected chi connectivity index (χ1v) is 6.33. The smallest absolute Gasteiger partial charge is 0.211 e. The Morgan fingerprint density at radius 1 is 1.09 bits per heavy atom. The molecule has 0 spiro atoms. The fraction of sp³-hybridized carbons (Fsp3) is 0.0667. The van der Waals surface area contributed by atoms with Crippen LogP contribution in [0.4, 0.5) is 8.78 Å². The predicted molar refractivity (Wildman–Crippen MR) is 80.5 cm³/mol. The number of halogens is 2. The molecule has 0 radical (unpaired) electrons. The predicted octanol–water partition coefficient (Wildman–Crippen LogP) is 2.15. The third-order valence-corrected chi connectivity index (χ3v) is 2.65. The van der Waals surface area contributed by atoms with Gasteiger partial charge in [0.1, 0.15) is 12.4 Å². The van der Waals surface area contributed by atoms with Crippen molar-refractivity contribution < 1.29 is 13.5 Å². The lowest BCUT2D eigenvalue weighted by Crippen LogP contribution is -2.21. The summed E-state index contributed by atoms with van der Waals surface area (Å²) in [6.45, 7) is 0.161. The van der Waals surface area contributed by atoms with Gasteiger partial charge in [0.15, 0.2) is 11.6 Å². The molecule has 0 unspecified atom stereocenters. The summed E-state index contributed by atoms with van der Waals surface area (Å²) in [7, 11) is 0. The molecule has 0 saturated heterocycles. The molecule has 0 fully saturated rings. The summed E-state index contributed by atoms with van der Waals surface area (Å²) < 4.78 is 31.5. The molecular weight excluding hydrogens is 290 g/mol. The minimum atomic E-state index is -0.735. The second-order valence-electron chi connectivity index (χ2n) is 4.37. The largest absolute Gasteiger partial charge is 0.486 e. The van der Waals surface area contributed by atoms with Crippen LogP contribution in [0.2, 0.25) is 0 Å². The van der Waals surface area contributed by atoms with Crippen molar-refractivity contribution in [1.29, 1.82) is 0 Å². The molecule has 0 atom stereocenters. The quantitative estimate of drug-likeness (QED) is 0.504. The van der Waals surface area contributed by atoms with Gasteiger partial charge in [-0.2, -0.15) is 5.10 Å². The van der Waals surface area contributed by atoms with Gasteiger partial charge in [0.05, 0.1) is 6.21 Å². The molecule has 0 saturated carbocycles. The first-order valence-electron chi connectivity index (χ1n) is 6.33. The second-order valence-corrected chi connectivity index (χ2v) is 4.37. The lowest BCUT2D eigenvalue weighted by Gasteiger charge is -2.07. The molecule has 2 rings (SSSR count). The highest BCUT2D eigenvalue weighted by atomic mass is 19.1. The topological polar surface area (TPSA) is 86.0 Å². The average molecular weight is 304 g/mol. The van der Waals surface area contributed by atoms with E-state index < -0.39 is 11.6 Å². The van der Waals surface area contributed by atoms with Crippen LogP contribution in [0.15, 0.2) is 52.7 Å². The normalized spacial score (nSPS) is 10.6. The van der Waals surface area contributed by atoms with Crippen LogP contribution < -0.4 is 16.2 Å². The highest BCUT2D eigenvalue weighted by Gasteiger charge is 2.05. The molecule has 7 heteroatoms. The molecule has 5 nitrogen and oxygen atoms in total. The summed E-state index contributed by atoms with van der Waals surface area (Å²) in [5.41, 5.74) is 11.9. The van der Waals surface area contributed by atoms with Crippen LogP contribution in [0.1, 0.15) is 11.1 Å². The Morgan fingerprint density at radius 3 is 2.45 bits per heavy atom. The molecule has 0 bridgehead atoms. The number of ether oxygens (including phenoxy) is 1. The van der Waals surface area contributed by atoms with Gasteiger partial charge in [0, 0.05) is 6.07 Å². The van der Waals surface area contributed by atoms with Crippen molar-refractivity contribution in [1.82, 2.24) is 0 Å². The van der Waals surface area contributed by atoms with Crippen molar-refractivity contribution in [2.45, 2.75) is 6.61 Å². The SMILES string of the molecule is NC(N)=NN=Cc1ccc(COc2ccc(F)cc2F)cc1. The van der Waals surface area contributed by atoms with Gasteiger partial charge >= 0.3 is 0 Å². The lowest BCUT2D eigenvalue weighted by atomic mass is 10.1. The van der Waals surface area contributed by atoms with Crippen LogP contribution in [0.3, 0.4) is 0 Å². The van der Waals surface area contributed by atoms with E-state index in [1.165, 1.54) is 12.3 Å². The number of hydrogen-bond acceptors (Lipinski definition) is 3. The Bertz CT molecular complexity index is 695. The minimum absolute atomic E-state index is 0.000188. The lowest BCUT2D eigenvalue weighted by molar-refractivity contribution is 0.289. The summed E-state index contributed by atoms with van der Waals surface area (Å²) in [5, 5.41) is 7.16. The molecule has 4 N–H and O–H groups in total. The van der Waals surface area contributed by atoms with Crippen molar-refractivity contribution in [3.63, 3.8) is 0 Å². The monoisotopic (exact) mass is 304 g/mol. The van der Waals surface area contributed by atoms with E-state index in [0.29, 0.717) is 0 Å². The molecule has 22 heavy (non-hydrogen) atoms. The Balaban J connectivity index is 1.96. The molecule has 0 aromatic heterocycles. The number of hydrogen-bond donors (Lipinski definition) is 2. The van der Waals surface area contributed by atoms with Gasteiger partial charge in [0.2, 0.25) is 5.96 Å². The van der Waals surface area contributed by atoms with Crippen LogP contribution in [-0.4, -0.2) is 12.2 Å². The maximum Gasteiger partial charge on any atom is 0.211 e. The van der Waals surface area contributed by atoms with Crippen LogP contribution in [0, 0.1) is 11.6 Å². The van der Waals surface area contributed by atoms with E-state index in [0.717, 1.165) is 23.3 Å². The van der Waals surface area contributed by atoms with Gasteiger partial charge in [0.25, 0.3) is 0 Å². The van der Waals surface area contributed by atoms with Gasteiger partial charge in [-0.05, 0) is 23.3 Å². The maximum atomic E-state index is 13.4. The number of nitrogens with zero attached hydrogens (tertiary/aromatic N) is 2. The number of benzene rings is 2. The molecule has 0 aliphatic heterocycles.